The smallest absolute Gasteiger partial charge is 0.331 e. The highest BCUT2D eigenvalue weighted by atomic mass is 16.8. The van der Waals surface area contributed by atoms with Gasteiger partial charge in [-0.25, -0.2) is 4.79 Å². The standard InChI is InChI=1S/C35H46O20/c1-14-24(42)26(44)28(46)33(51-14)50-13-22-31(54-23(41)7-4-15-2-5-17(37)19(39)10-15)32(55-35-29(47)27(45)25(43)21(12-36)52-35)30(48)34(53-22)49-9-8-16-3-6-18(38)20(40)11-16/h2-7,10-11,14,21-22,24-40,42-48H,8-9,12-13H2,1H3/b7-4+/t14-,21-,22-,24-,25-,26+,27+,28-,29-,30-,31-,32-,33-,34-,35+/m0/s1. The van der Waals surface area contributed by atoms with Crippen molar-refractivity contribution in [2.75, 3.05) is 19.8 Å². The Morgan fingerprint density at radius 1 is 0.673 bits per heavy atom. The van der Waals surface area contributed by atoms with E-state index in [1.165, 1.54) is 43.3 Å². The normalized spacial score (nSPS) is 36.9. The number of benzene rings is 2. The van der Waals surface area contributed by atoms with Crippen LogP contribution in [0.2, 0.25) is 0 Å². The summed E-state index contributed by atoms with van der Waals surface area (Å²) in [5.41, 5.74) is 0.767. The second-order valence-electron chi connectivity index (χ2n) is 13.3. The first-order valence-corrected chi connectivity index (χ1v) is 17.2. The fourth-order valence-electron chi connectivity index (χ4n) is 6.14. The summed E-state index contributed by atoms with van der Waals surface area (Å²) in [7, 11) is 0. The highest BCUT2D eigenvalue weighted by molar-refractivity contribution is 5.87. The maximum atomic E-state index is 13.3. The van der Waals surface area contributed by atoms with Crippen molar-refractivity contribution >= 4 is 12.0 Å². The molecule has 3 aliphatic rings. The van der Waals surface area contributed by atoms with Gasteiger partial charge in [-0.15, -0.1) is 0 Å². The van der Waals surface area contributed by atoms with Crippen LogP contribution >= 0.6 is 0 Å². The number of esters is 1. The number of aromatic hydroxyl groups is 4. The van der Waals surface area contributed by atoms with E-state index in [1.54, 1.807) is 0 Å². The molecule has 3 fully saturated rings. The fourth-order valence-corrected chi connectivity index (χ4v) is 6.14. The predicted octanol–water partition coefficient (Wildman–Crippen LogP) is -3.19. The minimum Gasteiger partial charge on any atom is -0.504 e. The summed E-state index contributed by atoms with van der Waals surface area (Å²) in [4.78, 5) is 13.3. The van der Waals surface area contributed by atoms with Gasteiger partial charge in [-0.3, -0.25) is 0 Å². The lowest BCUT2D eigenvalue weighted by atomic mass is 9.96. The second-order valence-corrected chi connectivity index (χ2v) is 13.3. The van der Waals surface area contributed by atoms with Crippen LogP contribution in [0, 0.1) is 0 Å². The first-order valence-electron chi connectivity index (χ1n) is 17.2. The highest BCUT2D eigenvalue weighted by Crippen LogP contribution is 2.33. The summed E-state index contributed by atoms with van der Waals surface area (Å²) in [6.07, 6.45) is -22.7. The summed E-state index contributed by atoms with van der Waals surface area (Å²) in [6, 6.07) is 7.73. The SMILES string of the molecule is C[C@@H]1O[C@H](OC[C@@H]2O[C@H](OCCc3ccc(O)c(O)c3)[C@@H](O)[C@H](O[C@H]3O[C@@H](CO)[C@H](O)[C@@H](O)[C@@H]3O)[C@H]2OC(=O)/C=C/c2ccc(O)c(O)c2)[C@@H](O)[C@H](O)[C@H]1O. The molecule has 3 saturated heterocycles. The summed E-state index contributed by atoms with van der Waals surface area (Å²) in [6.45, 7) is -0.242. The summed E-state index contributed by atoms with van der Waals surface area (Å²) < 4.78 is 40.2. The third-order valence-electron chi connectivity index (χ3n) is 9.36. The number of carbonyl (C=O) groups is 1. The van der Waals surface area contributed by atoms with Crippen molar-refractivity contribution in [3.05, 3.63) is 53.6 Å². The van der Waals surface area contributed by atoms with Crippen molar-refractivity contribution in [3.8, 4) is 23.0 Å². The van der Waals surface area contributed by atoms with Gasteiger partial charge in [-0.1, -0.05) is 12.1 Å². The maximum absolute atomic E-state index is 13.3. The van der Waals surface area contributed by atoms with Crippen LogP contribution in [0.25, 0.3) is 6.08 Å². The monoisotopic (exact) mass is 786 g/mol. The number of hydrogen-bond acceptors (Lipinski definition) is 20. The number of hydrogen-bond donors (Lipinski definition) is 12. The van der Waals surface area contributed by atoms with E-state index in [0.717, 1.165) is 12.1 Å². The number of carbonyl (C=O) groups excluding carboxylic acids is 1. The number of phenols is 4. The van der Waals surface area contributed by atoms with Gasteiger partial charge >= 0.3 is 5.97 Å². The van der Waals surface area contributed by atoms with E-state index in [4.69, 9.17) is 33.2 Å². The number of phenolic OH excluding ortho intramolecular Hbond substituents is 4. The third-order valence-corrected chi connectivity index (χ3v) is 9.36. The molecule has 3 aliphatic heterocycles. The van der Waals surface area contributed by atoms with Gasteiger partial charge in [0.2, 0.25) is 0 Å². The van der Waals surface area contributed by atoms with Crippen LogP contribution in [0.15, 0.2) is 42.5 Å². The van der Waals surface area contributed by atoms with Crippen LogP contribution in [0.1, 0.15) is 18.1 Å². The fraction of sp³-hybridized carbons (Fsp3) is 0.571. The quantitative estimate of drug-likeness (QED) is 0.0541. The Kier molecular flexibility index (Phi) is 14.3. The number of rotatable bonds is 13. The lowest BCUT2D eigenvalue weighted by Gasteiger charge is -2.47. The van der Waals surface area contributed by atoms with Crippen molar-refractivity contribution in [1.82, 2.24) is 0 Å². The van der Waals surface area contributed by atoms with Gasteiger partial charge in [0, 0.05) is 6.08 Å². The number of aliphatic hydroxyl groups is 8. The Morgan fingerprint density at radius 3 is 1.96 bits per heavy atom. The summed E-state index contributed by atoms with van der Waals surface area (Å²) in [5.74, 6) is -2.72. The van der Waals surface area contributed by atoms with Gasteiger partial charge in [0.1, 0.15) is 61.0 Å². The molecule has 20 nitrogen and oxygen atoms in total. The molecule has 0 aliphatic carbocycles. The van der Waals surface area contributed by atoms with Crippen LogP contribution < -0.4 is 0 Å². The first-order chi connectivity index (χ1) is 26.1. The largest absolute Gasteiger partial charge is 0.504 e. The molecule has 0 radical (unpaired) electrons. The average molecular weight is 787 g/mol. The molecule has 2 aromatic rings. The van der Waals surface area contributed by atoms with E-state index >= 15 is 0 Å². The van der Waals surface area contributed by atoms with Crippen molar-refractivity contribution in [1.29, 1.82) is 0 Å². The number of ether oxygens (including phenoxy) is 7. The average Bonchev–Trinajstić information content (AvgIpc) is 3.16. The molecule has 0 unspecified atom stereocenters. The van der Waals surface area contributed by atoms with Gasteiger partial charge in [0.15, 0.2) is 48.0 Å². The molecule has 0 bridgehead atoms. The molecular weight excluding hydrogens is 740 g/mol. The zero-order valence-electron chi connectivity index (χ0n) is 29.2. The Bertz CT molecular complexity index is 1610. The van der Waals surface area contributed by atoms with E-state index in [2.05, 4.69) is 0 Å². The van der Waals surface area contributed by atoms with Gasteiger partial charge in [-0.2, -0.15) is 0 Å². The van der Waals surface area contributed by atoms with Crippen molar-refractivity contribution in [2.45, 2.75) is 105 Å². The van der Waals surface area contributed by atoms with Gasteiger partial charge in [0.05, 0.1) is 25.9 Å². The zero-order valence-corrected chi connectivity index (χ0v) is 29.2. The molecule has 12 N–H and O–H groups in total. The van der Waals surface area contributed by atoms with E-state index in [1.807, 2.05) is 0 Å². The highest BCUT2D eigenvalue weighted by Gasteiger charge is 2.53. The van der Waals surface area contributed by atoms with Crippen LogP contribution in [-0.4, -0.2) is 179 Å². The maximum Gasteiger partial charge on any atom is 0.331 e. The van der Waals surface area contributed by atoms with Crippen LogP contribution in [0.5, 0.6) is 23.0 Å². The minimum atomic E-state index is -1.97. The Balaban J connectivity index is 1.44. The Hall–Kier alpha value is -3.71. The Morgan fingerprint density at radius 2 is 1.29 bits per heavy atom. The molecule has 15 atom stereocenters. The molecular formula is C35H46O20. The van der Waals surface area contributed by atoms with E-state index < -0.39 is 129 Å². The van der Waals surface area contributed by atoms with Crippen LogP contribution in [0.4, 0.5) is 0 Å². The third kappa shape index (κ3) is 10.0. The molecule has 3 heterocycles. The van der Waals surface area contributed by atoms with E-state index in [-0.39, 0.29) is 24.3 Å². The van der Waals surface area contributed by atoms with Gasteiger partial charge in [0.25, 0.3) is 0 Å². The molecule has 0 aromatic heterocycles. The van der Waals surface area contributed by atoms with Crippen molar-refractivity contribution in [2.24, 2.45) is 0 Å². The van der Waals surface area contributed by atoms with Crippen LogP contribution in [-0.2, 0) is 44.4 Å². The second kappa shape index (κ2) is 18.5. The molecule has 0 saturated carbocycles. The molecule has 55 heavy (non-hydrogen) atoms. The molecule has 5 rings (SSSR count). The lowest BCUT2D eigenvalue weighted by Crippen LogP contribution is -2.66. The van der Waals surface area contributed by atoms with E-state index in [9.17, 15) is 66.1 Å². The molecule has 0 spiro atoms. The summed E-state index contributed by atoms with van der Waals surface area (Å²) >= 11 is 0. The molecule has 306 valence electrons. The first kappa shape index (κ1) is 42.4. The van der Waals surface area contributed by atoms with Crippen LogP contribution in [0.3, 0.4) is 0 Å². The molecule has 20 heteroatoms. The zero-order chi connectivity index (χ0) is 40.1. The molecule has 2 aromatic carbocycles. The minimum absolute atomic E-state index is 0.107. The molecule has 0 amide bonds. The summed E-state index contributed by atoms with van der Waals surface area (Å²) in [5, 5.41) is 123. The Labute approximate surface area is 313 Å². The topological polar surface area (TPSA) is 324 Å². The number of aliphatic hydroxyl groups excluding tert-OH is 8. The van der Waals surface area contributed by atoms with E-state index in [0.29, 0.717) is 5.56 Å². The lowest BCUT2D eigenvalue weighted by molar-refractivity contribution is -0.365. The van der Waals surface area contributed by atoms with Gasteiger partial charge < -0.3 is 94.4 Å². The predicted molar refractivity (Wildman–Crippen MR) is 180 cm³/mol. The van der Waals surface area contributed by atoms with Crippen molar-refractivity contribution < 1.29 is 99.2 Å². The van der Waals surface area contributed by atoms with Gasteiger partial charge in [-0.05, 0) is 54.8 Å². The van der Waals surface area contributed by atoms with Crippen molar-refractivity contribution in [3.63, 3.8) is 0 Å².